The van der Waals surface area contributed by atoms with Crippen LogP contribution in [0.15, 0.2) is 28.1 Å². The SMILES string of the molecule is CC1=C(C(=O)N2CCOCC2)[C@H](c2ccsc2)NC(=S)N1. The van der Waals surface area contributed by atoms with Crippen LogP contribution in [0.5, 0.6) is 0 Å². The van der Waals surface area contributed by atoms with Gasteiger partial charge in [0.05, 0.1) is 24.8 Å². The van der Waals surface area contributed by atoms with Crippen molar-refractivity contribution in [3.05, 3.63) is 33.7 Å². The zero-order valence-electron chi connectivity index (χ0n) is 11.7. The Labute approximate surface area is 133 Å². The molecule has 2 aliphatic rings. The second kappa shape index (κ2) is 6.13. The molecule has 0 unspecified atom stereocenters. The van der Waals surface area contributed by atoms with Crippen LogP contribution in [0.3, 0.4) is 0 Å². The smallest absolute Gasteiger partial charge is 0.254 e. The van der Waals surface area contributed by atoms with Gasteiger partial charge in [0.25, 0.3) is 5.91 Å². The van der Waals surface area contributed by atoms with E-state index in [-0.39, 0.29) is 11.9 Å². The van der Waals surface area contributed by atoms with Gasteiger partial charge in [0.2, 0.25) is 0 Å². The van der Waals surface area contributed by atoms with E-state index in [1.807, 2.05) is 28.7 Å². The van der Waals surface area contributed by atoms with Crippen molar-refractivity contribution in [3.63, 3.8) is 0 Å². The molecule has 0 saturated carbocycles. The minimum Gasteiger partial charge on any atom is -0.378 e. The molecule has 5 nitrogen and oxygen atoms in total. The molecular weight excluding hydrogens is 306 g/mol. The number of nitrogens with one attached hydrogen (secondary N) is 2. The van der Waals surface area contributed by atoms with Crippen molar-refractivity contribution >= 4 is 34.6 Å². The van der Waals surface area contributed by atoms with E-state index in [0.29, 0.717) is 31.4 Å². The van der Waals surface area contributed by atoms with Crippen molar-refractivity contribution in [2.24, 2.45) is 0 Å². The summed E-state index contributed by atoms with van der Waals surface area (Å²) < 4.78 is 5.32. The molecule has 7 heteroatoms. The molecule has 1 atom stereocenters. The molecule has 1 aromatic rings. The van der Waals surface area contributed by atoms with E-state index in [9.17, 15) is 4.79 Å². The van der Waals surface area contributed by atoms with Crippen LogP contribution in [0.4, 0.5) is 0 Å². The molecule has 2 N–H and O–H groups in total. The summed E-state index contributed by atoms with van der Waals surface area (Å²) >= 11 is 6.85. The number of carbonyl (C=O) groups is 1. The summed E-state index contributed by atoms with van der Waals surface area (Å²) in [4.78, 5) is 14.7. The van der Waals surface area contributed by atoms with Crippen LogP contribution in [0, 0.1) is 0 Å². The Balaban J connectivity index is 1.93. The highest BCUT2D eigenvalue weighted by molar-refractivity contribution is 7.80. The van der Waals surface area contributed by atoms with Crippen LogP contribution >= 0.6 is 23.6 Å². The number of nitrogens with zero attached hydrogens (tertiary/aromatic N) is 1. The van der Waals surface area contributed by atoms with Crippen LogP contribution in [0.2, 0.25) is 0 Å². The first-order valence-electron chi connectivity index (χ1n) is 6.84. The van der Waals surface area contributed by atoms with Gasteiger partial charge in [-0.25, -0.2) is 0 Å². The minimum atomic E-state index is -0.180. The molecule has 2 aliphatic heterocycles. The topological polar surface area (TPSA) is 53.6 Å². The first-order valence-corrected chi connectivity index (χ1v) is 8.19. The van der Waals surface area contributed by atoms with E-state index in [1.165, 1.54) is 0 Å². The van der Waals surface area contributed by atoms with Gasteiger partial charge < -0.3 is 20.3 Å². The first-order chi connectivity index (χ1) is 10.2. The standard InChI is InChI=1S/C14H17N3O2S2/c1-9-11(13(18)17-3-5-19-6-4-17)12(16-14(20)15-9)10-2-7-21-8-10/h2,7-8,12H,3-6H2,1H3,(H2,15,16,20)/t12-/m0/s1. The van der Waals surface area contributed by atoms with Gasteiger partial charge in [-0.1, -0.05) is 0 Å². The summed E-state index contributed by atoms with van der Waals surface area (Å²) in [5, 5.41) is 10.9. The fraction of sp³-hybridized carbons (Fsp3) is 0.429. The summed E-state index contributed by atoms with van der Waals surface area (Å²) in [5.74, 6) is 0.0505. The molecule has 1 aromatic heterocycles. The fourth-order valence-electron chi connectivity index (χ4n) is 2.60. The van der Waals surface area contributed by atoms with Gasteiger partial charge in [-0.05, 0) is 41.5 Å². The number of carbonyl (C=O) groups excluding carboxylic acids is 1. The van der Waals surface area contributed by atoms with Gasteiger partial charge in [-0.3, -0.25) is 4.79 Å². The van der Waals surface area contributed by atoms with E-state index < -0.39 is 0 Å². The average molecular weight is 323 g/mol. The van der Waals surface area contributed by atoms with Crippen molar-refractivity contribution in [3.8, 4) is 0 Å². The number of allylic oxidation sites excluding steroid dienone is 1. The highest BCUT2D eigenvalue weighted by atomic mass is 32.1. The lowest BCUT2D eigenvalue weighted by Gasteiger charge is -2.34. The lowest BCUT2D eigenvalue weighted by Crippen LogP contribution is -2.49. The van der Waals surface area contributed by atoms with Crippen molar-refractivity contribution in [1.82, 2.24) is 15.5 Å². The molecule has 3 heterocycles. The molecule has 3 rings (SSSR count). The van der Waals surface area contributed by atoms with E-state index in [0.717, 1.165) is 16.8 Å². The third-order valence-corrected chi connectivity index (χ3v) is 4.60. The van der Waals surface area contributed by atoms with E-state index in [2.05, 4.69) is 10.6 Å². The highest BCUT2D eigenvalue weighted by Crippen LogP contribution is 2.29. The zero-order valence-corrected chi connectivity index (χ0v) is 13.4. The quantitative estimate of drug-likeness (QED) is 0.806. The zero-order chi connectivity index (χ0) is 14.8. The van der Waals surface area contributed by atoms with Gasteiger partial charge in [-0.15, -0.1) is 0 Å². The lowest BCUT2D eigenvalue weighted by molar-refractivity contribution is -0.131. The highest BCUT2D eigenvalue weighted by Gasteiger charge is 2.33. The summed E-state index contributed by atoms with van der Waals surface area (Å²) in [7, 11) is 0. The molecule has 1 amide bonds. The van der Waals surface area contributed by atoms with Gasteiger partial charge in [0.1, 0.15) is 0 Å². The third kappa shape index (κ3) is 2.95. The number of rotatable bonds is 2. The van der Waals surface area contributed by atoms with Crippen LogP contribution in [0.25, 0.3) is 0 Å². The molecule has 1 fully saturated rings. The molecular formula is C14H17N3O2S2. The van der Waals surface area contributed by atoms with Crippen LogP contribution in [-0.2, 0) is 9.53 Å². The Morgan fingerprint density at radius 1 is 1.48 bits per heavy atom. The van der Waals surface area contributed by atoms with Gasteiger partial charge in [-0.2, -0.15) is 11.3 Å². The predicted molar refractivity (Wildman–Crippen MR) is 86.0 cm³/mol. The summed E-state index contributed by atoms with van der Waals surface area (Å²) in [5.41, 5.74) is 2.63. The minimum absolute atomic E-state index is 0.0505. The number of amides is 1. The molecule has 21 heavy (non-hydrogen) atoms. The monoisotopic (exact) mass is 323 g/mol. The molecule has 0 bridgehead atoms. The maximum absolute atomic E-state index is 12.9. The van der Waals surface area contributed by atoms with Crippen molar-refractivity contribution in [1.29, 1.82) is 0 Å². The van der Waals surface area contributed by atoms with E-state index in [4.69, 9.17) is 17.0 Å². The molecule has 0 radical (unpaired) electrons. The maximum atomic E-state index is 12.9. The second-order valence-electron chi connectivity index (χ2n) is 5.03. The van der Waals surface area contributed by atoms with Crippen LogP contribution < -0.4 is 10.6 Å². The average Bonchev–Trinajstić information content (AvgIpc) is 3.01. The Hall–Kier alpha value is -1.44. The fourth-order valence-corrected chi connectivity index (χ4v) is 3.56. The number of hydrogen-bond acceptors (Lipinski definition) is 4. The van der Waals surface area contributed by atoms with Gasteiger partial charge in [0.15, 0.2) is 5.11 Å². The number of ether oxygens (including phenoxy) is 1. The lowest BCUT2D eigenvalue weighted by atomic mass is 9.96. The summed E-state index contributed by atoms with van der Waals surface area (Å²) in [6, 6.07) is 1.84. The first kappa shape index (κ1) is 14.5. The van der Waals surface area contributed by atoms with Crippen LogP contribution in [0.1, 0.15) is 18.5 Å². The number of thiophene rings is 1. The Bertz CT molecular complexity index is 577. The maximum Gasteiger partial charge on any atom is 0.254 e. The van der Waals surface area contributed by atoms with Gasteiger partial charge >= 0.3 is 0 Å². The third-order valence-electron chi connectivity index (χ3n) is 3.67. The van der Waals surface area contributed by atoms with E-state index >= 15 is 0 Å². The summed E-state index contributed by atoms with van der Waals surface area (Å²) in [6.45, 7) is 4.37. The van der Waals surface area contributed by atoms with Crippen molar-refractivity contribution in [2.75, 3.05) is 26.3 Å². The Kier molecular flexibility index (Phi) is 4.23. The molecule has 0 spiro atoms. The molecule has 0 aromatic carbocycles. The normalized spacial score (nSPS) is 22.8. The molecule has 0 aliphatic carbocycles. The van der Waals surface area contributed by atoms with Gasteiger partial charge in [0, 0.05) is 18.8 Å². The summed E-state index contributed by atoms with van der Waals surface area (Å²) in [6.07, 6.45) is 0. The van der Waals surface area contributed by atoms with E-state index in [1.54, 1.807) is 11.3 Å². The van der Waals surface area contributed by atoms with Crippen molar-refractivity contribution in [2.45, 2.75) is 13.0 Å². The molecule has 1 saturated heterocycles. The molecule has 112 valence electrons. The number of morpholine rings is 1. The van der Waals surface area contributed by atoms with Crippen LogP contribution in [-0.4, -0.2) is 42.2 Å². The number of thiocarbonyl (C=S) groups is 1. The second-order valence-corrected chi connectivity index (χ2v) is 6.22. The number of hydrogen-bond donors (Lipinski definition) is 2. The Morgan fingerprint density at radius 3 is 2.90 bits per heavy atom. The van der Waals surface area contributed by atoms with Crippen molar-refractivity contribution < 1.29 is 9.53 Å². The Morgan fingerprint density at radius 2 is 2.24 bits per heavy atom. The predicted octanol–water partition coefficient (Wildman–Crippen LogP) is 1.40. The largest absolute Gasteiger partial charge is 0.378 e.